The zero-order valence-corrected chi connectivity index (χ0v) is 13.7. The highest BCUT2D eigenvalue weighted by Crippen LogP contribution is 2.34. The number of rotatable bonds is 6. The maximum absolute atomic E-state index is 12.9. The summed E-state index contributed by atoms with van der Waals surface area (Å²) in [5, 5.41) is 6.15. The molecule has 2 fully saturated rings. The Balaban J connectivity index is 1.37. The Morgan fingerprint density at radius 2 is 2.33 bits per heavy atom. The summed E-state index contributed by atoms with van der Waals surface area (Å²) in [6.07, 6.45) is 6.16. The van der Waals surface area contributed by atoms with Crippen LogP contribution in [0, 0.1) is 5.26 Å². The molecule has 1 aromatic rings. The Kier molecular flexibility index (Phi) is 4.99. The second-order valence-electron chi connectivity index (χ2n) is 5.96. The zero-order valence-electron chi connectivity index (χ0n) is 12.1. The van der Waals surface area contributed by atoms with Crippen LogP contribution in [-0.2, 0) is 0 Å². The van der Waals surface area contributed by atoms with Gasteiger partial charge in [0.2, 0.25) is 0 Å². The fraction of sp³-hybridized carbons (Fsp3) is 0.786. The summed E-state index contributed by atoms with van der Waals surface area (Å²) in [5.74, 6) is 0.483. The fourth-order valence-electron chi connectivity index (χ4n) is 3.58. The lowest BCUT2D eigenvalue weighted by Gasteiger charge is -2.34. The molecule has 21 heavy (non-hydrogen) atoms. The predicted molar refractivity (Wildman–Crippen MR) is 85.8 cm³/mol. The van der Waals surface area contributed by atoms with E-state index in [1.807, 2.05) is 0 Å². The minimum Gasteiger partial charge on any atom is -0.368 e. The second kappa shape index (κ2) is 6.77. The first-order valence-electron chi connectivity index (χ1n) is 7.71. The molecule has 2 aliphatic heterocycles. The molecule has 0 amide bonds. The minimum atomic E-state index is -0.477. The third-order valence-electron chi connectivity index (χ3n) is 4.67. The van der Waals surface area contributed by atoms with Crippen LogP contribution >= 0.6 is 22.9 Å². The van der Waals surface area contributed by atoms with Crippen molar-refractivity contribution in [2.45, 2.75) is 37.6 Å². The summed E-state index contributed by atoms with van der Waals surface area (Å²) >= 11 is 6.76. The van der Waals surface area contributed by atoms with Crippen LogP contribution in [0.1, 0.15) is 32.1 Å². The smallest absolute Gasteiger partial charge is 0.272 e. The first kappa shape index (κ1) is 15.5. The quantitative estimate of drug-likeness (QED) is 0.786. The molecule has 1 spiro atoms. The number of thiazole rings is 1. The number of aromatic nitrogens is 1. The number of nitrogens with zero attached hydrogens (tertiary/aromatic N) is 2. The van der Waals surface area contributed by atoms with E-state index in [9.17, 15) is 4.39 Å². The standard InChI is InChI=1S/C14H22ClFN4S/c15-11-12(19-13(16)21-11)18-6-1-2-8-20-9-3-4-14(20)5-7-17-10-14/h17-18H,1-10H2. The molecular formula is C14H22ClFN4S. The van der Waals surface area contributed by atoms with Crippen LogP contribution in [-0.4, -0.2) is 48.1 Å². The van der Waals surface area contributed by atoms with Gasteiger partial charge in [-0.3, -0.25) is 4.90 Å². The van der Waals surface area contributed by atoms with E-state index >= 15 is 0 Å². The largest absolute Gasteiger partial charge is 0.368 e. The van der Waals surface area contributed by atoms with Gasteiger partial charge in [-0.1, -0.05) is 22.9 Å². The molecular weight excluding hydrogens is 311 g/mol. The first-order valence-corrected chi connectivity index (χ1v) is 8.91. The Bertz CT molecular complexity index is 470. The van der Waals surface area contributed by atoms with Crippen LogP contribution in [0.5, 0.6) is 0 Å². The Labute approximate surface area is 134 Å². The molecule has 4 nitrogen and oxygen atoms in total. The van der Waals surface area contributed by atoms with Crippen molar-refractivity contribution in [1.82, 2.24) is 15.2 Å². The molecule has 0 aromatic carbocycles. The lowest BCUT2D eigenvalue weighted by molar-refractivity contribution is 0.154. The van der Waals surface area contributed by atoms with E-state index in [1.165, 1.54) is 25.8 Å². The third-order valence-corrected chi connectivity index (χ3v) is 5.71. The lowest BCUT2D eigenvalue weighted by Crippen LogP contribution is -2.45. The predicted octanol–water partition coefficient (Wildman–Crippen LogP) is 2.96. The van der Waals surface area contributed by atoms with E-state index in [1.54, 1.807) is 0 Å². The summed E-state index contributed by atoms with van der Waals surface area (Å²) in [6, 6.07) is 0. The molecule has 3 heterocycles. The lowest BCUT2D eigenvalue weighted by atomic mass is 9.95. The third kappa shape index (κ3) is 3.50. The maximum atomic E-state index is 12.9. The van der Waals surface area contributed by atoms with Crippen LogP contribution in [0.15, 0.2) is 0 Å². The molecule has 0 aliphatic carbocycles. The summed E-state index contributed by atoms with van der Waals surface area (Å²) in [4.78, 5) is 6.40. The van der Waals surface area contributed by atoms with Crippen molar-refractivity contribution in [1.29, 1.82) is 0 Å². The van der Waals surface area contributed by atoms with Gasteiger partial charge in [0.05, 0.1) is 0 Å². The zero-order chi connectivity index (χ0) is 14.7. The summed E-state index contributed by atoms with van der Waals surface area (Å²) in [7, 11) is 0. The number of anilines is 1. The van der Waals surface area contributed by atoms with Crippen molar-refractivity contribution in [2.24, 2.45) is 0 Å². The van der Waals surface area contributed by atoms with Crippen LogP contribution in [0.3, 0.4) is 0 Å². The van der Waals surface area contributed by atoms with Crippen LogP contribution in [0.25, 0.3) is 0 Å². The van der Waals surface area contributed by atoms with Crippen LogP contribution in [0.2, 0.25) is 4.34 Å². The topological polar surface area (TPSA) is 40.2 Å². The fourth-order valence-corrected chi connectivity index (χ4v) is 4.38. The number of halogens is 2. The van der Waals surface area contributed by atoms with Crippen molar-refractivity contribution in [2.75, 3.05) is 38.0 Å². The van der Waals surface area contributed by atoms with Crippen molar-refractivity contribution < 1.29 is 4.39 Å². The van der Waals surface area contributed by atoms with Gasteiger partial charge in [0.1, 0.15) is 4.34 Å². The molecule has 2 N–H and O–H groups in total. The van der Waals surface area contributed by atoms with Gasteiger partial charge < -0.3 is 10.6 Å². The Hall–Kier alpha value is -0.430. The number of hydrogen-bond acceptors (Lipinski definition) is 5. The highest BCUT2D eigenvalue weighted by Gasteiger charge is 2.42. The molecule has 2 aliphatic rings. The van der Waals surface area contributed by atoms with E-state index in [0.29, 0.717) is 15.7 Å². The molecule has 118 valence electrons. The van der Waals surface area contributed by atoms with Gasteiger partial charge in [0.15, 0.2) is 5.82 Å². The van der Waals surface area contributed by atoms with Crippen LogP contribution < -0.4 is 10.6 Å². The SMILES string of the molecule is Fc1nc(NCCCCN2CCCC23CCNC3)c(Cl)s1. The second-order valence-corrected chi connectivity index (χ2v) is 7.52. The van der Waals surface area contributed by atoms with Crippen molar-refractivity contribution >= 4 is 28.8 Å². The number of unbranched alkanes of at least 4 members (excludes halogenated alkanes) is 1. The van der Waals surface area contributed by atoms with Gasteiger partial charge in [0.25, 0.3) is 5.26 Å². The summed E-state index contributed by atoms with van der Waals surface area (Å²) < 4.78 is 13.3. The molecule has 2 saturated heterocycles. The Morgan fingerprint density at radius 1 is 1.43 bits per heavy atom. The Morgan fingerprint density at radius 3 is 3.05 bits per heavy atom. The average molecular weight is 333 g/mol. The molecule has 1 aromatic heterocycles. The van der Waals surface area contributed by atoms with Gasteiger partial charge >= 0.3 is 0 Å². The number of hydrogen-bond donors (Lipinski definition) is 2. The van der Waals surface area contributed by atoms with Crippen molar-refractivity contribution in [3.8, 4) is 0 Å². The number of nitrogens with one attached hydrogen (secondary N) is 2. The van der Waals surface area contributed by atoms with E-state index in [-0.39, 0.29) is 0 Å². The van der Waals surface area contributed by atoms with E-state index in [0.717, 1.165) is 50.4 Å². The van der Waals surface area contributed by atoms with E-state index in [4.69, 9.17) is 11.6 Å². The van der Waals surface area contributed by atoms with Gasteiger partial charge in [-0.15, -0.1) is 0 Å². The van der Waals surface area contributed by atoms with Gasteiger partial charge in [-0.25, -0.2) is 0 Å². The highest BCUT2D eigenvalue weighted by molar-refractivity contribution is 7.15. The number of likely N-dealkylation sites (tertiary alicyclic amines) is 1. The average Bonchev–Trinajstić information content (AvgIpc) is 3.15. The maximum Gasteiger partial charge on any atom is 0.272 e. The van der Waals surface area contributed by atoms with E-state index in [2.05, 4.69) is 20.5 Å². The molecule has 1 unspecified atom stereocenters. The first-order chi connectivity index (χ1) is 10.2. The van der Waals surface area contributed by atoms with Gasteiger partial charge in [-0.05, 0) is 51.7 Å². The van der Waals surface area contributed by atoms with Crippen LogP contribution in [0.4, 0.5) is 10.2 Å². The molecule has 0 bridgehead atoms. The van der Waals surface area contributed by atoms with E-state index < -0.39 is 5.26 Å². The summed E-state index contributed by atoms with van der Waals surface area (Å²) in [6.45, 7) is 5.49. The van der Waals surface area contributed by atoms with Gasteiger partial charge in [0, 0.05) is 18.6 Å². The molecule has 0 saturated carbocycles. The monoisotopic (exact) mass is 332 g/mol. The summed E-state index contributed by atoms with van der Waals surface area (Å²) in [5.41, 5.74) is 0.439. The molecule has 1 atom stereocenters. The highest BCUT2D eigenvalue weighted by atomic mass is 35.5. The molecule has 7 heteroatoms. The van der Waals surface area contributed by atoms with Crippen molar-refractivity contribution in [3.63, 3.8) is 0 Å². The molecule has 0 radical (unpaired) electrons. The molecule has 3 rings (SSSR count). The van der Waals surface area contributed by atoms with Gasteiger partial charge in [-0.2, -0.15) is 9.37 Å². The van der Waals surface area contributed by atoms with Crippen molar-refractivity contribution in [3.05, 3.63) is 9.60 Å². The minimum absolute atomic E-state index is 0.406. The normalized spacial score (nSPS) is 26.0.